The predicted molar refractivity (Wildman–Crippen MR) is 103 cm³/mol. The van der Waals surface area contributed by atoms with Crippen LogP contribution in [0.4, 0.5) is 0 Å². The molecule has 7 heteroatoms. The van der Waals surface area contributed by atoms with Crippen LogP contribution in [0, 0.1) is 0 Å². The van der Waals surface area contributed by atoms with Gasteiger partial charge in [-0.3, -0.25) is 4.79 Å². The lowest BCUT2D eigenvalue weighted by Crippen LogP contribution is -2.06. The molecule has 0 atom stereocenters. The molecule has 2 N–H and O–H groups in total. The van der Waals surface area contributed by atoms with Crippen LogP contribution >= 0.6 is 11.3 Å². The Hall–Kier alpha value is -3.06. The van der Waals surface area contributed by atoms with E-state index in [1.807, 2.05) is 23.6 Å². The smallest absolute Gasteiger partial charge is 0.161 e. The van der Waals surface area contributed by atoms with Crippen LogP contribution in [0.15, 0.2) is 41.8 Å². The van der Waals surface area contributed by atoms with Gasteiger partial charge >= 0.3 is 0 Å². The van der Waals surface area contributed by atoms with Gasteiger partial charge in [-0.1, -0.05) is 6.07 Å². The largest absolute Gasteiger partial charge is 0.504 e. The minimum absolute atomic E-state index is 0.0238. The number of carbonyl (C=O) groups excluding carboxylic acids is 1. The molecule has 6 nitrogen and oxygen atoms in total. The van der Waals surface area contributed by atoms with E-state index in [1.165, 1.54) is 23.5 Å². The number of Topliss-reactive ketones (excluding diaryl/α,β-unsaturated/α-hetero) is 1. The van der Waals surface area contributed by atoms with Crippen molar-refractivity contribution in [2.75, 3.05) is 14.2 Å². The second kappa shape index (κ2) is 8.09. The van der Waals surface area contributed by atoms with Gasteiger partial charge in [-0.15, -0.1) is 11.3 Å². The summed E-state index contributed by atoms with van der Waals surface area (Å²) in [5.41, 5.74) is 2.23. The van der Waals surface area contributed by atoms with E-state index in [-0.39, 0.29) is 30.1 Å². The van der Waals surface area contributed by atoms with Gasteiger partial charge in [-0.25, -0.2) is 4.98 Å². The Labute approximate surface area is 160 Å². The minimum atomic E-state index is -0.232. The first-order valence-electron chi connectivity index (χ1n) is 8.19. The fourth-order valence-electron chi connectivity index (χ4n) is 2.66. The molecular weight excluding hydrogens is 366 g/mol. The van der Waals surface area contributed by atoms with Crippen molar-refractivity contribution in [1.82, 2.24) is 4.98 Å². The first-order valence-corrected chi connectivity index (χ1v) is 9.07. The van der Waals surface area contributed by atoms with E-state index in [9.17, 15) is 15.0 Å². The van der Waals surface area contributed by atoms with Gasteiger partial charge in [-0.2, -0.15) is 0 Å². The summed E-state index contributed by atoms with van der Waals surface area (Å²) in [7, 11) is 3.16. The molecule has 27 heavy (non-hydrogen) atoms. The van der Waals surface area contributed by atoms with Crippen molar-refractivity contribution >= 4 is 17.1 Å². The molecule has 1 heterocycles. The molecule has 0 saturated heterocycles. The highest BCUT2D eigenvalue weighted by Gasteiger charge is 2.13. The third-order valence-electron chi connectivity index (χ3n) is 4.00. The molecule has 0 aliphatic heterocycles. The van der Waals surface area contributed by atoms with Gasteiger partial charge in [0, 0.05) is 23.8 Å². The van der Waals surface area contributed by atoms with E-state index in [2.05, 4.69) is 4.98 Å². The van der Waals surface area contributed by atoms with Crippen LogP contribution in [0.1, 0.15) is 11.3 Å². The molecule has 0 saturated carbocycles. The lowest BCUT2D eigenvalue weighted by atomic mass is 10.1. The van der Waals surface area contributed by atoms with E-state index < -0.39 is 0 Å². The maximum absolute atomic E-state index is 12.3. The summed E-state index contributed by atoms with van der Waals surface area (Å²) in [5, 5.41) is 21.5. The number of hydrogen-bond acceptors (Lipinski definition) is 7. The van der Waals surface area contributed by atoms with Crippen LogP contribution in [-0.2, 0) is 17.6 Å². The van der Waals surface area contributed by atoms with Crippen molar-refractivity contribution in [2.24, 2.45) is 0 Å². The van der Waals surface area contributed by atoms with Gasteiger partial charge in [0.1, 0.15) is 10.8 Å². The fourth-order valence-corrected chi connectivity index (χ4v) is 3.48. The molecule has 0 radical (unpaired) electrons. The lowest BCUT2D eigenvalue weighted by Gasteiger charge is -2.08. The number of rotatable bonds is 7. The number of carbonyl (C=O) groups is 1. The Balaban J connectivity index is 1.70. The normalized spacial score (nSPS) is 10.6. The molecule has 0 amide bonds. The summed E-state index contributed by atoms with van der Waals surface area (Å²) in [6.07, 6.45) is 0.364. The lowest BCUT2D eigenvalue weighted by molar-refractivity contribution is -0.117. The third kappa shape index (κ3) is 4.38. The molecule has 0 fully saturated rings. The van der Waals surface area contributed by atoms with Crippen LogP contribution in [0.25, 0.3) is 10.6 Å². The first-order chi connectivity index (χ1) is 13.0. The maximum Gasteiger partial charge on any atom is 0.161 e. The fraction of sp³-hybridized carbons (Fsp3) is 0.200. The number of nitrogens with zero attached hydrogens (tertiary/aromatic N) is 1. The average Bonchev–Trinajstić information content (AvgIpc) is 3.12. The molecular formula is C20H19NO5S. The number of aromatic hydroxyl groups is 2. The molecule has 3 rings (SSSR count). The maximum atomic E-state index is 12.3. The van der Waals surface area contributed by atoms with Gasteiger partial charge in [0.25, 0.3) is 0 Å². The highest BCUT2D eigenvalue weighted by Crippen LogP contribution is 2.33. The number of ketones is 1. The molecule has 0 aliphatic carbocycles. The molecule has 0 bridgehead atoms. The molecule has 0 unspecified atom stereocenters. The minimum Gasteiger partial charge on any atom is -0.504 e. The van der Waals surface area contributed by atoms with Crippen LogP contribution in [-0.4, -0.2) is 35.2 Å². The molecule has 0 spiro atoms. The summed E-state index contributed by atoms with van der Waals surface area (Å²) < 4.78 is 10.6. The first kappa shape index (κ1) is 18.7. The van der Waals surface area contributed by atoms with E-state index in [0.29, 0.717) is 22.8 Å². The van der Waals surface area contributed by atoms with Crippen molar-refractivity contribution in [2.45, 2.75) is 12.8 Å². The van der Waals surface area contributed by atoms with Crippen molar-refractivity contribution < 1.29 is 24.5 Å². The quantitative estimate of drug-likeness (QED) is 0.604. The Morgan fingerprint density at radius 3 is 2.48 bits per heavy atom. The van der Waals surface area contributed by atoms with Crippen LogP contribution < -0.4 is 9.47 Å². The second-order valence-electron chi connectivity index (χ2n) is 5.93. The summed E-state index contributed by atoms with van der Waals surface area (Å²) in [4.78, 5) is 16.8. The Bertz CT molecular complexity index is 967. The highest BCUT2D eigenvalue weighted by atomic mass is 32.1. The van der Waals surface area contributed by atoms with E-state index in [1.54, 1.807) is 20.3 Å². The Morgan fingerprint density at radius 2 is 1.78 bits per heavy atom. The van der Waals surface area contributed by atoms with E-state index in [4.69, 9.17) is 9.47 Å². The van der Waals surface area contributed by atoms with Crippen molar-refractivity contribution in [3.8, 4) is 33.6 Å². The molecule has 3 aromatic rings. The third-order valence-corrected chi connectivity index (χ3v) is 4.94. The number of benzene rings is 2. The second-order valence-corrected chi connectivity index (χ2v) is 6.79. The zero-order chi connectivity index (χ0) is 19.4. The van der Waals surface area contributed by atoms with Gasteiger partial charge in [-0.05, 0) is 35.9 Å². The van der Waals surface area contributed by atoms with Crippen molar-refractivity contribution in [3.63, 3.8) is 0 Å². The average molecular weight is 385 g/mol. The van der Waals surface area contributed by atoms with Crippen molar-refractivity contribution in [1.29, 1.82) is 0 Å². The number of aromatic nitrogens is 1. The summed E-state index contributed by atoms with van der Waals surface area (Å²) >= 11 is 1.46. The number of hydrogen-bond donors (Lipinski definition) is 2. The van der Waals surface area contributed by atoms with E-state index >= 15 is 0 Å². The molecule has 140 valence electrons. The Kier molecular flexibility index (Phi) is 5.61. The molecule has 2 aromatic carbocycles. The van der Waals surface area contributed by atoms with Crippen molar-refractivity contribution in [3.05, 3.63) is 53.0 Å². The summed E-state index contributed by atoms with van der Waals surface area (Å²) in [5.74, 6) is 0.805. The predicted octanol–water partition coefficient (Wildman–Crippen LogP) is 3.59. The zero-order valence-corrected chi connectivity index (χ0v) is 15.7. The van der Waals surface area contributed by atoms with Gasteiger partial charge in [0.2, 0.25) is 0 Å². The Morgan fingerprint density at radius 1 is 1.00 bits per heavy atom. The molecule has 1 aromatic heterocycles. The van der Waals surface area contributed by atoms with Gasteiger partial charge < -0.3 is 19.7 Å². The molecule has 0 aliphatic rings. The van der Waals surface area contributed by atoms with Crippen LogP contribution in [0.5, 0.6) is 23.0 Å². The summed E-state index contributed by atoms with van der Waals surface area (Å²) in [6, 6.07) is 9.94. The number of phenols is 2. The standard InChI is InChI=1S/C20H19NO5S/c1-25-18-6-4-13(9-19(18)26-2)20-21-14(11-27-20)10-15(22)7-12-3-5-16(23)17(24)8-12/h3-6,8-9,11,23-24H,7,10H2,1-2H3. The van der Waals surface area contributed by atoms with Crippen LogP contribution in [0.2, 0.25) is 0 Å². The van der Waals surface area contributed by atoms with Gasteiger partial charge in [0.05, 0.1) is 19.9 Å². The van der Waals surface area contributed by atoms with Gasteiger partial charge in [0.15, 0.2) is 23.0 Å². The topological polar surface area (TPSA) is 88.9 Å². The monoisotopic (exact) mass is 385 g/mol. The summed E-state index contributed by atoms with van der Waals surface area (Å²) in [6.45, 7) is 0. The number of phenolic OH excluding ortho intramolecular Hbond substituents is 2. The number of methoxy groups -OCH3 is 2. The number of thiazole rings is 1. The zero-order valence-electron chi connectivity index (χ0n) is 14.9. The SMILES string of the molecule is COc1ccc(-c2nc(CC(=O)Cc3ccc(O)c(O)c3)cs2)cc1OC. The van der Waals surface area contributed by atoms with Crippen LogP contribution in [0.3, 0.4) is 0 Å². The number of ether oxygens (including phenoxy) is 2. The highest BCUT2D eigenvalue weighted by molar-refractivity contribution is 7.13. The van der Waals surface area contributed by atoms with E-state index in [0.717, 1.165) is 10.6 Å².